The van der Waals surface area contributed by atoms with E-state index in [4.69, 9.17) is 38.5 Å². The lowest BCUT2D eigenvalue weighted by Gasteiger charge is -2.11. The zero-order valence-electron chi connectivity index (χ0n) is 17.2. The Morgan fingerprint density at radius 2 is 1.64 bits per heavy atom. The molecule has 0 spiro atoms. The molecule has 0 saturated heterocycles. The van der Waals surface area contributed by atoms with Crippen LogP contribution in [0.3, 0.4) is 0 Å². The molecule has 164 valence electrons. The minimum absolute atomic E-state index is 0.0267. The van der Waals surface area contributed by atoms with E-state index in [1.807, 2.05) is 12.1 Å². The lowest BCUT2D eigenvalue weighted by molar-refractivity contribution is -0.115. The van der Waals surface area contributed by atoms with Gasteiger partial charge >= 0.3 is 5.97 Å². The van der Waals surface area contributed by atoms with Crippen molar-refractivity contribution < 1.29 is 19.1 Å². The molecule has 0 fully saturated rings. The monoisotopic (exact) mass is 479 g/mol. The number of carbonyl (C=O) groups excluding carboxylic acids is 2. The van der Waals surface area contributed by atoms with Crippen LogP contribution in [-0.2, 0) is 16.0 Å². The maximum absolute atomic E-state index is 12.4. The average Bonchev–Trinajstić information content (AvgIpc) is 2.80. The van der Waals surface area contributed by atoms with Crippen molar-refractivity contribution in [2.75, 3.05) is 12.4 Å². The summed E-state index contributed by atoms with van der Waals surface area (Å²) in [6, 6.07) is 17.7. The van der Waals surface area contributed by atoms with Crippen LogP contribution in [0.15, 0.2) is 54.6 Å². The molecule has 0 aromatic heterocycles. The number of ether oxygens (including phenoxy) is 2. The smallest absolute Gasteiger partial charge is 0.339 e. The Morgan fingerprint density at radius 1 is 0.939 bits per heavy atom. The largest absolute Gasteiger partial charge is 0.465 e. The Bertz CT molecular complexity index is 1290. The van der Waals surface area contributed by atoms with Crippen LogP contribution in [0.4, 0.5) is 5.69 Å². The van der Waals surface area contributed by atoms with Crippen molar-refractivity contribution in [3.05, 3.63) is 86.9 Å². The number of benzene rings is 3. The van der Waals surface area contributed by atoms with Crippen molar-refractivity contribution in [1.82, 2.24) is 0 Å². The highest BCUT2D eigenvalue weighted by Crippen LogP contribution is 2.31. The van der Waals surface area contributed by atoms with Gasteiger partial charge in [-0.1, -0.05) is 29.3 Å². The van der Waals surface area contributed by atoms with Crippen LogP contribution < -0.4 is 10.1 Å². The summed E-state index contributed by atoms with van der Waals surface area (Å²) >= 11 is 12.4. The molecular formula is C24H15Cl2N3O4. The Balaban J connectivity index is 1.69. The maximum atomic E-state index is 12.4. The second-order valence-corrected chi connectivity index (χ2v) is 7.56. The summed E-state index contributed by atoms with van der Waals surface area (Å²) in [5, 5.41) is 21.3. The fourth-order valence-electron chi connectivity index (χ4n) is 2.91. The van der Waals surface area contributed by atoms with Gasteiger partial charge in [0.2, 0.25) is 5.91 Å². The van der Waals surface area contributed by atoms with Gasteiger partial charge in [0, 0.05) is 5.69 Å². The van der Waals surface area contributed by atoms with Crippen molar-refractivity contribution >= 4 is 40.8 Å². The number of amides is 1. The highest BCUT2D eigenvalue weighted by molar-refractivity contribution is 6.34. The molecule has 1 N–H and O–H groups in total. The number of carbonyl (C=O) groups is 2. The fourth-order valence-corrected chi connectivity index (χ4v) is 3.41. The van der Waals surface area contributed by atoms with Gasteiger partial charge in [0.25, 0.3) is 0 Å². The molecule has 0 saturated carbocycles. The maximum Gasteiger partial charge on any atom is 0.339 e. The highest BCUT2D eigenvalue weighted by atomic mass is 35.5. The number of hydrogen-bond donors (Lipinski definition) is 1. The van der Waals surface area contributed by atoms with Crippen LogP contribution in [-0.4, -0.2) is 19.0 Å². The first-order valence-corrected chi connectivity index (χ1v) is 10.2. The lowest BCUT2D eigenvalue weighted by atomic mass is 10.1. The van der Waals surface area contributed by atoms with Crippen molar-refractivity contribution in [2.24, 2.45) is 0 Å². The van der Waals surface area contributed by atoms with Gasteiger partial charge in [0.05, 0.1) is 52.4 Å². The number of hydrogen-bond acceptors (Lipinski definition) is 6. The SMILES string of the molecule is COC(=O)c1ccc(NC(=O)Cc2ccc(Oc3cc(C#N)cc(C#N)c3)c(Cl)c2)cc1Cl. The second kappa shape index (κ2) is 10.5. The first-order chi connectivity index (χ1) is 15.8. The Kier molecular flexibility index (Phi) is 7.53. The number of nitriles is 2. The Hall–Kier alpha value is -4.04. The van der Waals surface area contributed by atoms with Crippen LogP contribution in [0, 0.1) is 22.7 Å². The van der Waals surface area contributed by atoms with Crippen LogP contribution >= 0.6 is 23.2 Å². The van der Waals surface area contributed by atoms with Crippen molar-refractivity contribution in [2.45, 2.75) is 6.42 Å². The van der Waals surface area contributed by atoms with E-state index in [-0.39, 0.29) is 39.1 Å². The van der Waals surface area contributed by atoms with Crippen molar-refractivity contribution in [1.29, 1.82) is 10.5 Å². The first kappa shape index (κ1) is 23.6. The quantitative estimate of drug-likeness (QED) is 0.467. The molecule has 3 aromatic carbocycles. The second-order valence-electron chi connectivity index (χ2n) is 6.75. The molecule has 7 nitrogen and oxygen atoms in total. The molecule has 0 unspecified atom stereocenters. The predicted molar refractivity (Wildman–Crippen MR) is 123 cm³/mol. The lowest BCUT2D eigenvalue weighted by Crippen LogP contribution is -2.14. The molecule has 0 atom stereocenters. The Labute approximate surface area is 199 Å². The van der Waals surface area contributed by atoms with Gasteiger partial charge < -0.3 is 14.8 Å². The summed E-state index contributed by atoms with van der Waals surface area (Å²) in [6.45, 7) is 0. The molecule has 1 amide bonds. The molecule has 0 heterocycles. The number of anilines is 1. The van der Waals surface area contributed by atoms with E-state index in [0.717, 1.165) is 0 Å². The molecule has 0 aliphatic heterocycles. The van der Waals surface area contributed by atoms with E-state index in [0.29, 0.717) is 22.7 Å². The van der Waals surface area contributed by atoms with Gasteiger partial charge in [-0.2, -0.15) is 10.5 Å². The van der Waals surface area contributed by atoms with E-state index in [9.17, 15) is 9.59 Å². The first-order valence-electron chi connectivity index (χ1n) is 9.42. The summed E-state index contributed by atoms with van der Waals surface area (Å²) in [7, 11) is 1.25. The Morgan fingerprint density at radius 3 is 2.21 bits per heavy atom. The van der Waals surface area contributed by atoms with E-state index in [2.05, 4.69) is 10.1 Å². The molecular weight excluding hydrogens is 465 g/mol. The normalized spacial score (nSPS) is 9.97. The van der Waals surface area contributed by atoms with Gasteiger partial charge in [-0.25, -0.2) is 4.79 Å². The van der Waals surface area contributed by atoms with Gasteiger partial charge in [-0.3, -0.25) is 4.79 Å². The fraction of sp³-hybridized carbons (Fsp3) is 0.0833. The van der Waals surface area contributed by atoms with Crippen LogP contribution in [0.25, 0.3) is 0 Å². The minimum Gasteiger partial charge on any atom is -0.465 e. The number of rotatable bonds is 6. The molecule has 0 radical (unpaired) electrons. The number of nitrogens with zero attached hydrogens (tertiary/aromatic N) is 2. The third-order valence-corrected chi connectivity index (χ3v) is 5.02. The number of methoxy groups -OCH3 is 1. The summed E-state index contributed by atoms with van der Waals surface area (Å²) in [6.07, 6.45) is 0.0267. The van der Waals surface area contributed by atoms with E-state index in [1.165, 1.54) is 37.4 Å². The van der Waals surface area contributed by atoms with Crippen molar-refractivity contribution in [3.63, 3.8) is 0 Å². The highest BCUT2D eigenvalue weighted by Gasteiger charge is 2.13. The molecule has 3 aromatic rings. The van der Waals surface area contributed by atoms with Gasteiger partial charge in [-0.15, -0.1) is 0 Å². The number of nitrogens with one attached hydrogen (secondary N) is 1. The van der Waals surface area contributed by atoms with Gasteiger partial charge in [-0.05, 0) is 54.1 Å². The summed E-state index contributed by atoms with van der Waals surface area (Å²) in [4.78, 5) is 24.0. The predicted octanol–water partition coefficient (Wildman–Crippen LogP) is 5.50. The molecule has 9 heteroatoms. The van der Waals surface area contributed by atoms with Gasteiger partial charge in [0.15, 0.2) is 0 Å². The standard InChI is InChI=1S/C24H15Cl2N3O4/c1-32-24(31)19-4-3-17(11-20(19)25)29-23(30)10-14-2-5-22(21(26)9-14)33-18-7-15(12-27)6-16(8-18)13-28/h2-9,11H,10H2,1H3,(H,29,30). The van der Waals surface area contributed by atoms with E-state index < -0.39 is 5.97 Å². The summed E-state index contributed by atoms with van der Waals surface area (Å²) in [5.41, 5.74) is 1.82. The molecule has 33 heavy (non-hydrogen) atoms. The third-order valence-electron chi connectivity index (χ3n) is 4.41. The van der Waals surface area contributed by atoms with Gasteiger partial charge in [0.1, 0.15) is 11.5 Å². The van der Waals surface area contributed by atoms with Crippen LogP contribution in [0.5, 0.6) is 11.5 Å². The average molecular weight is 480 g/mol. The van der Waals surface area contributed by atoms with E-state index >= 15 is 0 Å². The summed E-state index contributed by atoms with van der Waals surface area (Å²) in [5.74, 6) is -0.282. The molecule has 3 rings (SSSR count). The molecule has 0 aliphatic rings. The van der Waals surface area contributed by atoms with Crippen LogP contribution in [0.2, 0.25) is 10.0 Å². The summed E-state index contributed by atoms with van der Waals surface area (Å²) < 4.78 is 10.4. The number of esters is 1. The van der Waals surface area contributed by atoms with Crippen LogP contribution in [0.1, 0.15) is 27.0 Å². The topological polar surface area (TPSA) is 112 Å². The number of halogens is 2. The molecule has 0 bridgehead atoms. The third kappa shape index (κ3) is 6.02. The zero-order valence-corrected chi connectivity index (χ0v) is 18.7. The van der Waals surface area contributed by atoms with E-state index in [1.54, 1.807) is 24.3 Å². The molecule has 0 aliphatic carbocycles. The zero-order chi connectivity index (χ0) is 24.0. The van der Waals surface area contributed by atoms with Crippen molar-refractivity contribution in [3.8, 4) is 23.6 Å². The minimum atomic E-state index is -0.571.